The van der Waals surface area contributed by atoms with Gasteiger partial charge in [-0.05, 0) is 0 Å². The molecule has 1 fully saturated rings. The summed E-state index contributed by atoms with van der Waals surface area (Å²) in [5.74, 6) is 0. The van der Waals surface area contributed by atoms with Crippen molar-refractivity contribution in [3.63, 3.8) is 0 Å². The number of ether oxygens (including phenoxy) is 2. The van der Waals surface area contributed by atoms with Crippen molar-refractivity contribution in [1.82, 2.24) is 0 Å². The van der Waals surface area contributed by atoms with Crippen molar-refractivity contribution in [2.24, 2.45) is 5.73 Å². The minimum atomic E-state index is -1.10. The molecule has 0 aromatic carbocycles. The van der Waals surface area contributed by atoms with Gasteiger partial charge in [0.15, 0.2) is 0 Å². The Bertz CT molecular complexity index is 59.2. The second kappa shape index (κ2) is 1.75. The van der Waals surface area contributed by atoms with Gasteiger partial charge >= 0.3 is 0 Å². The third-order valence-corrected chi connectivity index (χ3v) is 0.694. The van der Waals surface area contributed by atoms with E-state index >= 15 is 0 Å². The van der Waals surface area contributed by atoms with E-state index in [2.05, 4.69) is 9.47 Å². The number of hydrogen-bond acceptors (Lipinski definition) is 4. The largest absolute Gasteiger partial charge is 0.346 e. The zero-order chi connectivity index (χ0) is 5.28. The predicted octanol–water partition coefficient (Wildman–Crippen LogP) is -1.41. The highest BCUT2D eigenvalue weighted by Gasteiger charge is 2.19. The summed E-state index contributed by atoms with van der Waals surface area (Å²) in [4.78, 5) is 0. The lowest BCUT2D eigenvalue weighted by molar-refractivity contribution is -0.203. The molecule has 0 radical (unpaired) electrons. The third kappa shape index (κ3) is 1.10. The molecule has 2 unspecified atom stereocenters. The van der Waals surface area contributed by atoms with Crippen LogP contribution in [0.1, 0.15) is 0 Å². The van der Waals surface area contributed by atoms with Gasteiger partial charge in [-0.3, -0.25) is 0 Å². The van der Waals surface area contributed by atoms with Crippen molar-refractivity contribution in [2.45, 2.75) is 12.7 Å². The number of hydrogen-bond donors (Lipinski definition) is 2. The lowest BCUT2D eigenvalue weighted by atomic mass is 10.7. The summed E-state index contributed by atoms with van der Waals surface area (Å²) >= 11 is 0. The Balaban J connectivity index is 2.26. The lowest BCUT2D eigenvalue weighted by Crippen LogP contribution is -2.22. The van der Waals surface area contributed by atoms with E-state index in [4.69, 9.17) is 10.8 Å². The number of nitrogens with two attached hydrogens (primary N) is 1. The van der Waals surface area contributed by atoms with Gasteiger partial charge in [0, 0.05) is 0 Å². The van der Waals surface area contributed by atoms with Crippen LogP contribution in [-0.4, -0.2) is 24.4 Å². The van der Waals surface area contributed by atoms with Gasteiger partial charge in [-0.2, -0.15) is 0 Å². The number of aliphatic hydroxyl groups excluding tert-OH is 1. The molecule has 1 rings (SSSR count). The molecular formula is C3H7NO3. The summed E-state index contributed by atoms with van der Waals surface area (Å²) in [6.45, 7) is -0.823. The van der Waals surface area contributed by atoms with Crippen LogP contribution in [0, 0.1) is 0 Å². The molecule has 1 heterocycles. The maximum absolute atomic E-state index is 8.38. The molecule has 0 aliphatic carbocycles. The van der Waals surface area contributed by atoms with Gasteiger partial charge in [0.1, 0.15) is 6.23 Å². The van der Waals surface area contributed by atoms with Crippen LogP contribution in [0.2, 0.25) is 0 Å². The summed E-state index contributed by atoms with van der Waals surface area (Å²) in [7, 11) is 0. The van der Waals surface area contributed by atoms with Crippen LogP contribution < -0.4 is 5.73 Å². The molecule has 0 bridgehead atoms. The first-order valence-electron chi connectivity index (χ1n) is 2.00. The Kier molecular flexibility index (Phi) is 1.25. The van der Waals surface area contributed by atoms with Gasteiger partial charge in [-0.25, -0.2) is 0 Å². The molecule has 4 nitrogen and oxygen atoms in total. The summed E-state index contributed by atoms with van der Waals surface area (Å²) in [6, 6.07) is 0. The van der Waals surface area contributed by atoms with Gasteiger partial charge in [0.25, 0.3) is 6.48 Å². The van der Waals surface area contributed by atoms with E-state index < -0.39 is 12.7 Å². The lowest BCUT2D eigenvalue weighted by Gasteiger charge is -1.97. The number of aliphatic hydroxyl groups is 1. The van der Waals surface area contributed by atoms with Crippen molar-refractivity contribution in [3.05, 3.63) is 0 Å². The fourth-order valence-corrected chi connectivity index (χ4v) is 0.405. The minimum absolute atomic E-state index is 0.279. The van der Waals surface area contributed by atoms with Crippen LogP contribution in [0.25, 0.3) is 0 Å². The van der Waals surface area contributed by atoms with Crippen molar-refractivity contribution in [2.75, 3.05) is 6.61 Å². The molecule has 2 atom stereocenters. The van der Waals surface area contributed by atoms with Crippen LogP contribution in [0.3, 0.4) is 0 Å². The Morgan fingerprint density at radius 1 is 1.71 bits per heavy atom. The van der Waals surface area contributed by atoms with Gasteiger partial charge in [-0.1, -0.05) is 0 Å². The standard InChI is InChI=1S/C3H7NO3/c4-2-1-6-3(5)7-2/h2-3,5H,1,4H2. The van der Waals surface area contributed by atoms with Crippen LogP contribution in [-0.2, 0) is 9.47 Å². The van der Waals surface area contributed by atoms with Crippen LogP contribution in [0.5, 0.6) is 0 Å². The van der Waals surface area contributed by atoms with E-state index in [0.717, 1.165) is 0 Å². The van der Waals surface area contributed by atoms with Gasteiger partial charge in [0.05, 0.1) is 6.61 Å². The fourth-order valence-electron chi connectivity index (χ4n) is 0.405. The molecular weight excluding hydrogens is 98.0 g/mol. The Morgan fingerprint density at radius 3 is 2.57 bits per heavy atom. The smallest absolute Gasteiger partial charge is 0.270 e. The summed E-state index contributed by atoms with van der Waals surface area (Å²) < 4.78 is 8.95. The summed E-state index contributed by atoms with van der Waals surface area (Å²) in [5, 5.41) is 8.38. The van der Waals surface area contributed by atoms with Crippen molar-refractivity contribution < 1.29 is 14.6 Å². The Morgan fingerprint density at radius 2 is 2.43 bits per heavy atom. The molecule has 1 aliphatic rings. The minimum Gasteiger partial charge on any atom is -0.346 e. The quantitative estimate of drug-likeness (QED) is 0.397. The highest BCUT2D eigenvalue weighted by Crippen LogP contribution is 2.02. The molecule has 0 saturated carbocycles. The van der Waals surface area contributed by atoms with E-state index in [9.17, 15) is 0 Å². The van der Waals surface area contributed by atoms with Crippen molar-refractivity contribution in [3.8, 4) is 0 Å². The van der Waals surface area contributed by atoms with E-state index in [-0.39, 0.29) is 6.61 Å². The average Bonchev–Trinajstić information content (AvgIpc) is 1.87. The summed E-state index contributed by atoms with van der Waals surface area (Å²) in [6.07, 6.45) is -0.449. The molecule has 1 saturated heterocycles. The first kappa shape index (κ1) is 4.99. The van der Waals surface area contributed by atoms with E-state index in [0.29, 0.717) is 0 Å². The van der Waals surface area contributed by atoms with Crippen molar-refractivity contribution in [1.29, 1.82) is 0 Å². The van der Waals surface area contributed by atoms with Gasteiger partial charge < -0.3 is 20.3 Å². The molecule has 0 spiro atoms. The normalized spacial score (nSPS) is 42.0. The maximum atomic E-state index is 8.38. The van der Waals surface area contributed by atoms with Gasteiger partial charge in [0.2, 0.25) is 0 Å². The first-order valence-corrected chi connectivity index (χ1v) is 2.00. The zero-order valence-electron chi connectivity index (χ0n) is 3.70. The third-order valence-electron chi connectivity index (χ3n) is 0.694. The second-order valence-electron chi connectivity index (χ2n) is 1.31. The Hall–Kier alpha value is -0.160. The average molecular weight is 105 g/mol. The zero-order valence-corrected chi connectivity index (χ0v) is 3.70. The molecule has 4 heteroatoms. The van der Waals surface area contributed by atoms with Crippen LogP contribution in [0.4, 0.5) is 0 Å². The van der Waals surface area contributed by atoms with E-state index in [1.807, 2.05) is 0 Å². The second-order valence-corrected chi connectivity index (χ2v) is 1.31. The highest BCUT2D eigenvalue weighted by atomic mass is 16.8. The molecule has 0 aromatic heterocycles. The van der Waals surface area contributed by atoms with Crippen molar-refractivity contribution >= 4 is 0 Å². The first-order chi connectivity index (χ1) is 3.29. The maximum Gasteiger partial charge on any atom is 0.270 e. The molecule has 7 heavy (non-hydrogen) atoms. The van der Waals surface area contributed by atoms with E-state index in [1.165, 1.54) is 0 Å². The Labute approximate surface area is 40.8 Å². The molecule has 0 aromatic rings. The molecule has 0 amide bonds. The molecule has 1 aliphatic heterocycles. The van der Waals surface area contributed by atoms with E-state index in [1.54, 1.807) is 0 Å². The van der Waals surface area contributed by atoms with Gasteiger partial charge in [-0.15, -0.1) is 0 Å². The predicted molar refractivity (Wildman–Crippen MR) is 21.0 cm³/mol. The SMILES string of the molecule is NC1COC(O)O1. The molecule has 42 valence electrons. The topological polar surface area (TPSA) is 64.7 Å². The summed E-state index contributed by atoms with van der Waals surface area (Å²) in [5.41, 5.74) is 5.12. The number of rotatable bonds is 0. The molecule has 3 N–H and O–H groups in total. The fraction of sp³-hybridized carbons (Fsp3) is 1.00. The van der Waals surface area contributed by atoms with Crippen LogP contribution in [0.15, 0.2) is 0 Å². The highest BCUT2D eigenvalue weighted by molar-refractivity contribution is 4.48. The monoisotopic (exact) mass is 105 g/mol. The van der Waals surface area contributed by atoms with Crippen LogP contribution >= 0.6 is 0 Å².